The molecule has 9 aromatic rings. The smallest absolute Gasteiger partial charge is 0.160 e. The van der Waals surface area contributed by atoms with Crippen LogP contribution in [-0.2, 0) is 0 Å². The summed E-state index contributed by atoms with van der Waals surface area (Å²) in [6, 6.07) is 57.9. The highest BCUT2D eigenvalue weighted by Crippen LogP contribution is 2.35. The minimum Gasteiger partial charge on any atom is -0.255 e. The zero-order valence-corrected chi connectivity index (χ0v) is 27.0. The molecule has 5 nitrogen and oxygen atoms in total. The molecule has 5 heteroatoms. The van der Waals surface area contributed by atoms with Crippen molar-refractivity contribution in [1.29, 1.82) is 0 Å². The third-order valence-electron chi connectivity index (χ3n) is 8.95. The van der Waals surface area contributed by atoms with Gasteiger partial charge in [-0.1, -0.05) is 121 Å². The Morgan fingerprint density at radius 2 is 0.920 bits per heavy atom. The van der Waals surface area contributed by atoms with Crippen LogP contribution in [0.3, 0.4) is 0 Å². The average molecular weight is 640 g/mol. The summed E-state index contributed by atoms with van der Waals surface area (Å²) >= 11 is 0. The number of rotatable bonds is 6. The Morgan fingerprint density at radius 3 is 1.72 bits per heavy atom. The average Bonchev–Trinajstić information content (AvgIpc) is 3.21. The summed E-state index contributed by atoms with van der Waals surface area (Å²) in [6.45, 7) is 0. The number of hydrogen-bond acceptors (Lipinski definition) is 5. The van der Waals surface area contributed by atoms with Crippen molar-refractivity contribution in [1.82, 2.24) is 24.9 Å². The molecule has 0 bridgehead atoms. The highest BCUT2D eigenvalue weighted by Gasteiger charge is 2.15. The molecule has 0 saturated heterocycles. The quantitative estimate of drug-likeness (QED) is 0.181. The molecule has 0 saturated carbocycles. The molecule has 0 spiro atoms. The molecule has 4 aromatic heterocycles. The van der Waals surface area contributed by atoms with E-state index < -0.39 is 0 Å². The van der Waals surface area contributed by atoms with Crippen LogP contribution in [0.25, 0.3) is 89.5 Å². The monoisotopic (exact) mass is 639 g/mol. The van der Waals surface area contributed by atoms with Gasteiger partial charge in [-0.05, 0) is 59.7 Å². The summed E-state index contributed by atoms with van der Waals surface area (Å²) in [5.41, 5.74) is 12.4. The van der Waals surface area contributed by atoms with E-state index in [0.717, 1.165) is 83.7 Å². The maximum absolute atomic E-state index is 5.16. The molecule has 0 aliphatic carbocycles. The van der Waals surface area contributed by atoms with Gasteiger partial charge in [0.05, 0.1) is 39.5 Å². The number of pyridine rings is 3. The maximum Gasteiger partial charge on any atom is 0.160 e. The summed E-state index contributed by atoms with van der Waals surface area (Å²) < 4.78 is 0. The van der Waals surface area contributed by atoms with Crippen LogP contribution in [0.1, 0.15) is 0 Å². The SMILES string of the molecule is c1ccc(-c2cc(-c3ccccc3-c3ccc4cc(-c5ccc6ccc(-c7ccccn7)nc6c5)ccc4n3)nc(-c3ccccc3)n2)cc1. The van der Waals surface area contributed by atoms with Gasteiger partial charge in [-0.3, -0.25) is 4.98 Å². The van der Waals surface area contributed by atoms with E-state index in [1.807, 2.05) is 72.8 Å². The van der Waals surface area contributed by atoms with Crippen molar-refractivity contribution in [2.24, 2.45) is 0 Å². The van der Waals surface area contributed by atoms with Gasteiger partial charge < -0.3 is 0 Å². The van der Waals surface area contributed by atoms with Crippen LogP contribution < -0.4 is 0 Å². The molecule has 0 radical (unpaired) electrons. The van der Waals surface area contributed by atoms with Crippen molar-refractivity contribution in [3.8, 4) is 67.7 Å². The fraction of sp³-hybridized carbons (Fsp3) is 0. The second-order valence-electron chi connectivity index (χ2n) is 12.2. The Hall–Kier alpha value is -6.85. The van der Waals surface area contributed by atoms with Gasteiger partial charge >= 0.3 is 0 Å². The van der Waals surface area contributed by atoms with Crippen LogP contribution in [0.15, 0.2) is 176 Å². The molecule has 0 unspecified atom stereocenters. The van der Waals surface area contributed by atoms with Gasteiger partial charge in [0, 0.05) is 39.2 Å². The van der Waals surface area contributed by atoms with E-state index in [-0.39, 0.29) is 0 Å². The molecule has 0 amide bonds. The lowest BCUT2D eigenvalue weighted by atomic mass is 9.98. The van der Waals surface area contributed by atoms with E-state index in [1.54, 1.807) is 6.20 Å². The van der Waals surface area contributed by atoms with Gasteiger partial charge in [0.25, 0.3) is 0 Å². The van der Waals surface area contributed by atoms with Crippen molar-refractivity contribution in [3.63, 3.8) is 0 Å². The Kier molecular flexibility index (Phi) is 7.41. The Labute approximate surface area is 289 Å². The number of fused-ring (bicyclic) bond motifs is 2. The van der Waals surface area contributed by atoms with Crippen LogP contribution in [-0.4, -0.2) is 24.9 Å². The zero-order valence-electron chi connectivity index (χ0n) is 27.0. The first kappa shape index (κ1) is 29.3. The Balaban J connectivity index is 1.09. The first-order valence-electron chi connectivity index (χ1n) is 16.6. The molecule has 0 atom stereocenters. The Morgan fingerprint density at radius 1 is 0.300 bits per heavy atom. The van der Waals surface area contributed by atoms with Crippen molar-refractivity contribution < 1.29 is 0 Å². The standard InChI is InChI=1S/C45H29N5/c1-3-11-30(12-4-1)43-29-44(50-45(49-43)32-13-5-2-6-14-32)37-16-8-7-15-36(37)39-24-22-35-27-33(21-23-38(35)47-39)34-19-18-31-20-25-41(48-42(31)28-34)40-17-9-10-26-46-40/h1-29H. The van der Waals surface area contributed by atoms with Gasteiger partial charge in [0.1, 0.15) is 0 Å². The van der Waals surface area contributed by atoms with Crippen molar-refractivity contribution in [2.75, 3.05) is 0 Å². The van der Waals surface area contributed by atoms with Crippen LogP contribution in [0, 0.1) is 0 Å². The van der Waals surface area contributed by atoms with Gasteiger partial charge in [0.15, 0.2) is 5.82 Å². The zero-order chi connectivity index (χ0) is 33.3. The molecule has 4 heterocycles. The minimum atomic E-state index is 0.688. The molecule has 9 rings (SSSR count). The van der Waals surface area contributed by atoms with E-state index in [1.165, 1.54) is 0 Å². The summed E-state index contributed by atoms with van der Waals surface area (Å²) in [7, 11) is 0. The van der Waals surface area contributed by atoms with Gasteiger partial charge in [-0.2, -0.15) is 0 Å². The number of aromatic nitrogens is 5. The maximum atomic E-state index is 5.16. The molecular formula is C45H29N5. The van der Waals surface area contributed by atoms with E-state index in [4.69, 9.17) is 19.9 Å². The highest BCUT2D eigenvalue weighted by atomic mass is 14.9. The first-order chi connectivity index (χ1) is 24.7. The van der Waals surface area contributed by atoms with Crippen molar-refractivity contribution in [3.05, 3.63) is 176 Å². The summed E-state index contributed by atoms with van der Waals surface area (Å²) in [6.07, 6.45) is 1.80. The number of benzene rings is 5. The molecular weight excluding hydrogens is 611 g/mol. The minimum absolute atomic E-state index is 0.688. The van der Waals surface area contributed by atoms with Crippen LogP contribution >= 0.6 is 0 Å². The van der Waals surface area contributed by atoms with Gasteiger partial charge in [-0.15, -0.1) is 0 Å². The number of hydrogen-bond donors (Lipinski definition) is 0. The molecule has 0 N–H and O–H groups in total. The molecule has 50 heavy (non-hydrogen) atoms. The predicted octanol–water partition coefficient (Wildman–Crippen LogP) is 11.0. The highest BCUT2D eigenvalue weighted by molar-refractivity contribution is 5.91. The third kappa shape index (κ3) is 5.67. The molecule has 0 aliphatic rings. The lowest BCUT2D eigenvalue weighted by Crippen LogP contribution is -1.97. The number of nitrogens with zero attached hydrogens (tertiary/aromatic N) is 5. The molecule has 234 valence electrons. The van der Waals surface area contributed by atoms with E-state index >= 15 is 0 Å². The van der Waals surface area contributed by atoms with Crippen LogP contribution in [0.2, 0.25) is 0 Å². The molecule has 0 fully saturated rings. The van der Waals surface area contributed by atoms with Crippen molar-refractivity contribution in [2.45, 2.75) is 0 Å². The Bertz CT molecular complexity index is 2580. The fourth-order valence-electron chi connectivity index (χ4n) is 6.40. The fourth-order valence-corrected chi connectivity index (χ4v) is 6.40. The van der Waals surface area contributed by atoms with Crippen molar-refractivity contribution >= 4 is 21.8 Å². The van der Waals surface area contributed by atoms with E-state index in [0.29, 0.717) is 5.82 Å². The van der Waals surface area contributed by atoms with Crippen LogP contribution in [0.5, 0.6) is 0 Å². The first-order valence-corrected chi connectivity index (χ1v) is 16.6. The van der Waals surface area contributed by atoms with Gasteiger partial charge in [0.2, 0.25) is 0 Å². The largest absolute Gasteiger partial charge is 0.255 e. The lowest BCUT2D eigenvalue weighted by Gasteiger charge is -2.13. The second kappa shape index (κ2) is 12.6. The van der Waals surface area contributed by atoms with E-state index in [2.05, 4.69) is 102 Å². The lowest BCUT2D eigenvalue weighted by molar-refractivity contribution is 1.18. The summed E-state index contributed by atoms with van der Waals surface area (Å²) in [4.78, 5) is 24.6. The predicted molar refractivity (Wildman–Crippen MR) is 203 cm³/mol. The molecule has 0 aliphatic heterocycles. The summed E-state index contributed by atoms with van der Waals surface area (Å²) in [5, 5.41) is 2.16. The topological polar surface area (TPSA) is 64.5 Å². The molecule has 5 aromatic carbocycles. The normalized spacial score (nSPS) is 11.2. The van der Waals surface area contributed by atoms with Gasteiger partial charge in [-0.25, -0.2) is 19.9 Å². The second-order valence-corrected chi connectivity index (χ2v) is 12.2. The third-order valence-corrected chi connectivity index (χ3v) is 8.95. The van der Waals surface area contributed by atoms with Crippen LogP contribution in [0.4, 0.5) is 0 Å². The van der Waals surface area contributed by atoms with E-state index in [9.17, 15) is 0 Å². The summed E-state index contributed by atoms with van der Waals surface area (Å²) in [5.74, 6) is 0.688.